The summed E-state index contributed by atoms with van der Waals surface area (Å²) in [6.07, 6.45) is 16.2. The number of amides is 2. The van der Waals surface area contributed by atoms with Gasteiger partial charge in [0.05, 0.1) is 0 Å². The van der Waals surface area contributed by atoms with Crippen LogP contribution in [0.2, 0.25) is 0 Å². The van der Waals surface area contributed by atoms with Gasteiger partial charge in [-0.3, -0.25) is 0 Å². The molecule has 0 saturated carbocycles. The van der Waals surface area contributed by atoms with E-state index in [0.29, 0.717) is 0 Å². The lowest BCUT2D eigenvalue weighted by molar-refractivity contribution is 0.242. The van der Waals surface area contributed by atoms with Crippen LogP contribution in [-0.2, 0) is 0 Å². The second-order valence-corrected chi connectivity index (χ2v) is 5.39. The molecule has 0 aliphatic heterocycles. The number of carbonyl (C=O) groups excluding carboxylic acids is 1. The van der Waals surface area contributed by atoms with Crippen molar-refractivity contribution in [1.82, 2.24) is 10.6 Å². The van der Waals surface area contributed by atoms with Gasteiger partial charge in [0.25, 0.3) is 0 Å². The summed E-state index contributed by atoms with van der Waals surface area (Å²) in [6, 6.07) is -0.0666. The normalized spacial score (nSPS) is 10.4. The number of carbonyl (C=O) groups is 1. The van der Waals surface area contributed by atoms with E-state index in [9.17, 15) is 4.79 Å². The smallest absolute Gasteiger partial charge is 0.314 e. The topological polar surface area (TPSA) is 41.1 Å². The van der Waals surface area contributed by atoms with Gasteiger partial charge in [0.2, 0.25) is 0 Å². The van der Waals surface area contributed by atoms with E-state index >= 15 is 0 Å². The number of urea groups is 1. The molecule has 0 aliphatic carbocycles. The lowest BCUT2D eigenvalue weighted by atomic mass is 10.1. The molecule has 0 spiro atoms. The van der Waals surface area contributed by atoms with Crippen molar-refractivity contribution in [2.24, 2.45) is 0 Å². The van der Waals surface area contributed by atoms with Gasteiger partial charge in [-0.15, -0.1) is 0 Å². The first-order valence-corrected chi connectivity index (χ1v) is 8.26. The number of hydrogen-bond acceptors (Lipinski definition) is 1. The molecule has 0 bridgehead atoms. The highest BCUT2D eigenvalue weighted by atomic mass is 16.2. The van der Waals surface area contributed by atoms with E-state index in [-0.39, 0.29) is 6.03 Å². The Labute approximate surface area is 119 Å². The SMILES string of the molecule is CCCCCCCCCCCCCCNC(=O)NC. The molecule has 0 aromatic rings. The summed E-state index contributed by atoms with van der Waals surface area (Å²) in [7, 11) is 1.65. The van der Waals surface area contributed by atoms with Gasteiger partial charge in [0, 0.05) is 13.6 Å². The van der Waals surface area contributed by atoms with Crippen LogP contribution in [0.1, 0.15) is 84.0 Å². The number of hydrogen-bond donors (Lipinski definition) is 2. The van der Waals surface area contributed by atoms with E-state index < -0.39 is 0 Å². The van der Waals surface area contributed by atoms with E-state index in [0.717, 1.165) is 13.0 Å². The molecule has 0 aromatic heterocycles. The maximum absolute atomic E-state index is 10.9. The van der Waals surface area contributed by atoms with Crippen LogP contribution in [0.25, 0.3) is 0 Å². The molecule has 114 valence electrons. The van der Waals surface area contributed by atoms with Crippen LogP contribution < -0.4 is 10.6 Å². The van der Waals surface area contributed by atoms with Gasteiger partial charge < -0.3 is 10.6 Å². The average Bonchev–Trinajstić information content (AvgIpc) is 2.43. The minimum Gasteiger partial charge on any atom is -0.341 e. The summed E-state index contributed by atoms with van der Waals surface area (Å²) in [5, 5.41) is 5.38. The van der Waals surface area contributed by atoms with Gasteiger partial charge in [-0.25, -0.2) is 4.79 Å². The molecule has 0 heterocycles. The summed E-state index contributed by atoms with van der Waals surface area (Å²) in [4.78, 5) is 10.9. The largest absolute Gasteiger partial charge is 0.341 e. The Kier molecular flexibility index (Phi) is 14.7. The van der Waals surface area contributed by atoms with Gasteiger partial charge in [0.1, 0.15) is 0 Å². The zero-order valence-electron chi connectivity index (χ0n) is 13.1. The standard InChI is InChI=1S/C16H34N2O/c1-3-4-5-6-7-8-9-10-11-12-13-14-15-18-16(19)17-2/h3-15H2,1-2H3,(H2,17,18,19). The van der Waals surface area contributed by atoms with Crippen LogP contribution >= 0.6 is 0 Å². The molecule has 3 heteroatoms. The molecule has 0 fully saturated rings. The zero-order valence-corrected chi connectivity index (χ0v) is 13.1. The molecular weight excluding hydrogens is 236 g/mol. The minimum atomic E-state index is -0.0666. The third-order valence-corrected chi connectivity index (χ3v) is 3.54. The molecule has 0 aliphatic rings. The molecule has 0 unspecified atom stereocenters. The summed E-state index contributed by atoms with van der Waals surface area (Å²) < 4.78 is 0. The third kappa shape index (κ3) is 15.2. The second kappa shape index (κ2) is 15.3. The van der Waals surface area contributed by atoms with Crippen molar-refractivity contribution < 1.29 is 4.79 Å². The van der Waals surface area contributed by atoms with E-state index in [1.165, 1.54) is 70.6 Å². The van der Waals surface area contributed by atoms with Gasteiger partial charge >= 0.3 is 6.03 Å². The van der Waals surface area contributed by atoms with Crippen molar-refractivity contribution in [3.8, 4) is 0 Å². The first kappa shape index (κ1) is 18.3. The fourth-order valence-corrected chi connectivity index (χ4v) is 2.26. The number of nitrogens with one attached hydrogen (secondary N) is 2. The molecule has 3 nitrogen and oxygen atoms in total. The molecule has 0 rings (SSSR count). The van der Waals surface area contributed by atoms with Crippen LogP contribution in [-0.4, -0.2) is 19.6 Å². The van der Waals surface area contributed by atoms with E-state index in [4.69, 9.17) is 0 Å². The van der Waals surface area contributed by atoms with E-state index in [1.54, 1.807) is 7.05 Å². The first-order valence-electron chi connectivity index (χ1n) is 8.26. The number of rotatable bonds is 13. The van der Waals surface area contributed by atoms with Crippen molar-refractivity contribution in [2.45, 2.75) is 84.0 Å². The Morgan fingerprint density at radius 3 is 1.58 bits per heavy atom. The van der Waals surface area contributed by atoms with Crippen molar-refractivity contribution >= 4 is 6.03 Å². The van der Waals surface area contributed by atoms with Gasteiger partial charge in [0.15, 0.2) is 0 Å². The maximum Gasteiger partial charge on any atom is 0.314 e. The lowest BCUT2D eigenvalue weighted by Gasteiger charge is -2.04. The summed E-state index contributed by atoms with van der Waals surface area (Å²) in [6.45, 7) is 3.07. The van der Waals surface area contributed by atoms with Crippen LogP contribution in [0, 0.1) is 0 Å². The maximum atomic E-state index is 10.9. The Morgan fingerprint density at radius 1 is 0.737 bits per heavy atom. The highest BCUT2D eigenvalue weighted by Gasteiger charge is 1.95. The summed E-state index contributed by atoms with van der Waals surface area (Å²) in [5.41, 5.74) is 0. The predicted molar refractivity (Wildman–Crippen MR) is 83.5 cm³/mol. The minimum absolute atomic E-state index is 0.0666. The fraction of sp³-hybridized carbons (Fsp3) is 0.938. The fourth-order valence-electron chi connectivity index (χ4n) is 2.26. The summed E-state index contributed by atoms with van der Waals surface area (Å²) >= 11 is 0. The summed E-state index contributed by atoms with van der Waals surface area (Å²) in [5.74, 6) is 0. The zero-order chi connectivity index (χ0) is 14.2. The molecule has 0 saturated heterocycles. The first-order chi connectivity index (χ1) is 9.31. The van der Waals surface area contributed by atoms with E-state index in [2.05, 4.69) is 17.6 Å². The van der Waals surface area contributed by atoms with E-state index in [1.807, 2.05) is 0 Å². The van der Waals surface area contributed by atoms with Crippen LogP contribution in [0.5, 0.6) is 0 Å². The molecule has 19 heavy (non-hydrogen) atoms. The quantitative estimate of drug-likeness (QED) is 0.471. The molecule has 2 N–H and O–H groups in total. The van der Waals surface area contributed by atoms with Gasteiger partial charge in [-0.1, -0.05) is 77.6 Å². The molecule has 2 amide bonds. The van der Waals surface area contributed by atoms with Crippen molar-refractivity contribution in [2.75, 3.05) is 13.6 Å². The Bertz CT molecular complexity index is 195. The van der Waals surface area contributed by atoms with Gasteiger partial charge in [-0.2, -0.15) is 0 Å². The predicted octanol–water partition coefficient (Wildman–Crippen LogP) is 4.62. The van der Waals surface area contributed by atoms with Crippen molar-refractivity contribution in [3.05, 3.63) is 0 Å². The molecular formula is C16H34N2O. The third-order valence-electron chi connectivity index (χ3n) is 3.54. The van der Waals surface area contributed by atoms with Crippen molar-refractivity contribution in [1.29, 1.82) is 0 Å². The Hall–Kier alpha value is -0.730. The molecule has 0 atom stereocenters. The monoisotopic (exact) mass is 270 g/mol. The highest BCUT2D eigenvalue weighted by Crippen LogP contribution is 2.11. The van der Waals surface area contributed by atoms with Crippen LogP contribution in [0.3, 0.4) is 0 Å². The number of unbranched alkanes of at least 4 members (excludes halogenated alkanes) is 11. The highest BCUT2D eigenvalue weighted by molar-refractivity contribution is 5.73. The van der Waals surface area contributed by atoms with Crippen LogP contribution in [0.4, 0.5) is 4.79 Å². The van der Waals surface area contributed by atoms with Crippen LogP contribution in [0.15, 0.2) is 0 Å². The van der Waals surface area contributed by atoms with Gasteiger partial charge in [-0.05, 0) is 6.42 Å². The second-order valence-electron chi connectivity index (χ2n) is 5.39. The Morgan fingerprint density at radius 2 is 1.16 bits per heavy atom. The Balaban J connectivity index is 2.97. The molecule has 0 aromatic carbocycles. The molecule has 0 radical (unpaired) electrons. The van der Waals surface area contributed by atoms with Crippen molar-refractivity contribution in [3.63, 3.8) is 0 Å². The lowest BCUT2D eigenvalue weighted by Crippen LogP contribution is -2.33. The average molecular weight is 270 g/mol.